The van der Waals surface area contributed by atoms with E-state index >= 15 is 0 Å². The van der Waals surface area contributed by atoms with Crippen LogP contribution in [0.5, 0.6) is 0 Å². The van der Waals surface area contributed by atoms with Gasteiger partial charge < -0.3 is 9.80 Å². The number of thioether (sulfide) groups is 1. The van der Waals surface area contributed by atoms with Gasteiger partial charge >= 0.3 is 0 Å². The molecule has 0 saturated carbocycles. The van der Waals surface area contributed by atoms with Crippen molar-refractivity contribution in [2.75, 3.05) is 37.8 Å². The minimum Gasteiger partial charge on any atom is -0.374 e. The molecule has 1 aromatic heterocycles. The van der Waals surface area contributed by atoms with E-state index < -0.39 is 0 Å². The van der Waals surface area contributed by atoms with Crippen molar-refractivity contribution in [2.24, 2.45) is 7.05 Å². The number of fused-ring (bicyclic) bond motifs is 1. The molecule has 2 aromatic carbocycles. The molecule has 3 rings (SSSR count). The molecule has 0 spiro atoms. The Kier molecular flexibility index (Phi) is 8.66. The van der Waals surface area contributed by atoms with Gasteiger partial charge in [-0.1, -0.05) is 54.2 Å². The number of carbonyl (C=O) groups excluding carboxylic acids is 2. The molecular formula is C27H32N3O2S+. The van der Waals surface area contributed by atoms with Crippen molar-refractivity contribution in [3.05, 3.63) is 72.1 Å². The molecule has 5 nitrogen and oxygen atoms in total. The molecular weight excluding hydrogens is 430 g/mol. The third kappa shape index (κ3) is 6.93. The van der Waals surface area contributed by atoms with Gasteiger partial charge in [0.15, 0.2) is 17.5 Å². The van der Waals surface area contributed by atoms with E-state index in [1.807, 2.05) is 24.0 Å². The first-order valence-electron chi connectivity index (χ1n) is 11.1. The van der Waals surface area contributed by atoms with Crippen molar-refractivity contribution in [3.63, 3.8) is 0 Å². The van der Waals surface area contributed by atoms with Crippen LogP contribution in [0.25, 0.3) is 22.9 Å². The van der Waals surface area contributed by atoms with Crippen molar-refractivity contribution in [1.29, 1.82) is 0 Å². The third-order valence-electron chi connectivity index (χ3n) is 5.62. The Morgan fingerprint density at radius 2 is 1.64 bits per heavy atom. The number of nitrogens with zero attached hydrogens (tertiary/aromatic N) is 3. The van der Waals surface area contributed by atoms with Gasteiger partial charge in [0.25, 0.3) is 0 Å². The number of rotatable bonds is 9. The van der Waals surface area contributed by atoms with Crippen LogP contribution in [0.1, 0.15) is 24.5 Å². The van der Waals surface area contributed by atoms with Gasteiger partial charge in [0.1, 0.15) is 7.05 Å². The summed E-state index contributed by atoms with van der Waals surface area (Å²) in [6.07, 6.45) is 9.25. The Labute approximate surface area is 200 Å². The molecule has 0 N–H and O–H groups in total. The Hall–Kier alpha value is -3.12. The zero-order chi connectivity index (χ0) is 23.8. The van der Waals surface area contributed by atoms with E-state index in [1.54, 1.807) is 11.9 Å². The number of anilines is 1. The maximum absolute atomic E-state index is 12.1. The van der Waals surface area contributed by atoms with Crippen LogP contribution in [0, 0.1) is 0 Å². The Morgan fingerprint density at radius 3 is 2.33 bits per heavy atom. The SMILES string of the molecule is CC(=O)SCC(=O)N(C)CCCN(C)c1ccc(/C=C/c2cc[n+](C)cc2)c2ccccc12. The van der Waals surface area contributed by atoms with Crippen LogP contribution in [-0.4, -0.2) is 48.9 Å². The highest BCUT2D eigenvalue weighted by atomic mass is 32.2. The van der Waals surface area contributed by atoms with Crippen LogP contribution in [0.15, 0.2) is 60.9 Å². The van der Waals surface area contributed by atoms with Gasteiger partial charge in [-0.05, 0) is 29.0 Å². The summed E-state index contributed by atoms with van der Waals surface area (Å²) in [4.78, 5) is 27.1. The van der Waals surface area contributed by atoms with Crippen LogP contribution >= 0.6 is 11.8 Å². The maximum Gasteiger partial charge on any atom is 0.232 e. The molecule has 1 heterocycles. The second kappa shape index (κ2) is 11.7. The highest BCUT2D eigenvalue weighted by Gasteiger charge is 2.12. The van der Waals surface area contributed by atoms with Gasteiger partial charge in [-0.15, -0.1) is 0 Å². The van der Waals surface area contributed by atoms with Crippen LogP contribution in [0.2, 0.25) is 0 Å². The van der Waals surface area contributed by atoms with Gasteiger partial charge in [-0.3, -0.25) is 9.59 Å². The highest BCUT2D eigenvalue weighted by Crippen LogP contribution is 2.30. The smallest absolute Gasteiger partial charge is 0.232 e. The Bertz CT molecular complexity index is 1140. The van der Waals surface area contributed by atoms with Gasteiger partial charge in [0, 0.05) is 57.3 Å². The molecule has 0 radical (unpaired) electrons. The molecule has 0 saturated heterocycles. The normalized spacial score (nSPS) is 11.2. The summed E-state index contributed by atoms with van der Waals surface area (Å²) in [7, 11) is 5.90. The number of aryl methyl sites for hydroxylation is 1. The topological polar surface area (TPSA) is 44.5 Å². The van der Waals surface area contributed by atoms with E-state index in [4.69, 9.17) is 0 Å². The Balaban J connectivity index is 1.68. The molecule has 0 aliphatic heterocycles. The summed E-state index contributed by atoms with van der Waals surface area (Å²) in [5.41, 5.74) is 3.53. The first-order valence-corrected chi connectivity index (χ1v) is 12.1. The predicted octanol–water partition coefficient (Wildman–Crippen LogP) is 4.40. The lowest BCUT2D eigenvalue weighted by Crippen LogP contribution is -2.31. The van der Waals surface area contributed by atoms with Crippen LogP contribution in [0.3, 0.4) is 0 Å². The maximum atomic E-state index is 12.1. The Morgan fingerprint density at radius 1 is 0.939 bits per heavy atom. The lowest BCUT2D eigenvalue weighted by atomic mass is 10.0. The fraction of sp³-hybridized carbons (Fsp3) is 0.296. The fourth-order valence-electron chi connectivity index (χ4n) is 3.66. The average Bonchev–Trinajstić information content (AvgIpc) is 2.81. The molecule has 0 unspecified atom stereocenters. The van der Waals surface area contributed by atoms with E-state index in [-0.39, 0.29) is 16.8 Å². The number of benzene rings is 2. The largest absolute Gasteiger partial charge is 0.374 e. The van der Waals surface area contributed by atoms with Crippen LogP contribution in [0.4, 0.5) is 5.69 Å². The zero-order valence-corrected chi connectivity index (χ0v) is 20.6. The molecule has 0 atom stereocenters. The lowest BCUT2D eigenvalue weighted by molar-refractivity contribution is -0.671. The summed E-state index contributed by atoms with van der Waals surface area (Å²) in [5, 5.41) is 2.40. The first-order chi connectivity index (χ1) is 15.8. The molecule has 3 aromatic rings. The summed E-state index contributed by atoms with van der Waals surface area (Å²) in [5.74, 6) is 0.203. The number of aromatic nitrogens is 1. The van der Waals surface area contributed by atoms with Gasteiger partial charge in [-0.25, -0.2) is 4.57 Å². The van der Waals surface area contributed by atoms with E-state index in [2.05, 4.69) is 72.6 Å². The minimum absolute atomic E-state index is 0.00777. The quantitative estimate of drug-likeness (QED) is 0.442. The number of pyridine rings is 1. The van der Waals surface area contributed by atoms with E-state index in [1.165, 1.54) is 34.5 Å². The van der Waals surface area contributed by atoms with E-state index in [0.29, 0.717) is 6.54 Å². The lowest BCUT2D eigenvalue weighted by Gasteiger charge is -2.24. The van der Waals surface area contributed by atoms with E-state index in [9.17, 15) is 9.59 Å². The standard InChI is InChI=1S/C27H32N3O2S/c1-21(31)33-20-27(32)30(4)17-7-16-29(3)26-13-12-23(24-8-5-6-9-25(24)26)11-10-22-14-18-28(2)19-15-22/h5-6,8-15,18-19H,7,16-17,20H2,1-4H3/q+1. The molecule has 172 valence electrons. The van der Waals surface area contributed by atoms with Crippen molar-refractivity contribution >= 4 is 51.4 Å². The monoisotopic (exact) mass is 462 g/mol. The average molecular weight is 463 g/mol. The highest BCUT2D eigenvalue weighted by molar-refractivity contribution is 8.14. The molecule has 33 heavy (non-hydrogen) atoms. The number of hydrogen-bond donors (Lipinski definition) is 0. The summed E-state index contributed by atoms with van der Waals surface area (Å²) < 4.78 is 2.02. The summed E-state index contributed by atoms with van der Waals surface area (Å²) in [6, 6.07) is 17.0. The van der Waals surface area contributed by atoms with Crippen molar-refractivity contribution in [2.45, 2.75) is 13.3 Å². The second-order valence-corrected chi connectivity index (χ2v) is 9.37. The molecule has 0 aliphatic rings. The summed E-state index contributed by atoms with van der Waals surface area (Å²) in [6.45, 7) is 2.98. The number of amides is 1. The molecule has 0 fully saturated rings. The molecule has 6 heteroatoms. The van der Waals surface area contributed by atoms with E-state index in [0.717, 1.165) is 24.7 Å². The fourth-order valence-corrected chi connectivity index (χ4v) is 4.21. The van der Waals surface area contributed by atoms with Gasteiger partial charge in [0.05, 0.1) is 5.75 Å². The van der Waals surface area contributed by atoms with Gasteiger partial charge in [-0.2, -0.15) is 0 Å². The second-order valence-electron chi connectivity index (χ2n) is 8.22. The van der Waals surface area contributed by atoms with Crippen molar-refractivity contribution < 1.29 is 14.2 Å². The molecule has 0 aliphatic carbocycles. The minimum atomic E-state index is -0.0282. The summed E-state index contributed by atoms with van der Waals surface area (Å²) >= 11 is 1.06. The molecule has 1 amide bonds. The van der Waals surface area contributed by atoms with Crippen molar-refractivity contribution in [3.8, 4) is 0 Å². The third-order valence-corrected chi connectivity index (χ3v) is 6.42. The number of carbonyl (C=O) groups is 2. The van der Waals surface area contributed by atoms with Crippen molar-refractivity contribution in [1.82, 2.24) is 4.90 Å². The zero-order valence-electron chi connectivity index (χ0n) is 19.8. The molecule has 0 bridgehead atoms. The van der Waals surface area contributed by atoms with Crippen LogP contribution < -0.4 is 9.47 Å². The number of hydrogen-bond acceptors (Lipinski definition) is 4. The van der Waals surface area contributed by atoms with Gasteiger partial charge in [0.2, 0.25) is 5.91 Å². The first kappa shape index (κ1) is 24.5. The predicted molar refractivity (Wildman–Crippen MR) is 139 cm³/mol. The van der Waals surface area contributed by atoms with Crippen LogP contribution in [-0.2, 0) is 16.6 Å².